The standard InChI is InChI=1S/C16H17FN4OS2/c1-11-18-14(9-24-11)7-15-19-21(16(23)22-15)10-20(2)8-12-4-3-5-13(17)6-12/h3-6,9H,7-8,10H2,1-2H3/p+1. The van der Waals surface area contributed by atoms with Crippen molar-refractivity contribution in [2.45, 2.75) is 26.6 Å². The van der Waals surface area contributed by atoms with Crippen LogP contribution in [0.3, 0.4) is 0 Å². The fraction of sp³-hybridized carbons (Fsp3) is 0.312. The number of thiazole rings is 1. The molecule has 1 unspecified atom stereocenters. The van der Waals surface area contributed by atoms with Crippen LogP contribution in [0, 0.1) is 17.6 Å². The Morgan fingerprint density at radius 2 is 2.25 bits per heavy atom. The second-order valence-corrected chi connectivity index (χ2v) is 7.13. The Bertz CT molecular complexity index is 886. The molecule has 8 heteroatoms. The minimum absolute atomic E-state index is 0.223. The lowest BCUT2D eigenvalue weighted by Crippen LogP contribution is -3.07. The van der Waals surface area contributed by atoms with Gasteiger partial charge in [0, 0.05) is 10.9 Å². The molecule has 3 rings (SSSR count). The third-order valence-corrected chi connectivity index (χ3v) is 4.58. The van der Waals surface area contributed by atoms with Crippen LogP contribution in [0.4, 0.5) is 4.39 Å². The van der Waals surface area contributed by atoms with Crippen LogP contribution in [-0.2, 0) is 19.6 Å². The normalized spacial score (nSPS) is 12.5. The van der Waals surface area contributed by atoms with Crippen molar-refractivity contribution in [3.63, 3.8) is 0 Å². The molecule has 24 heavy (non-hydrogen) atoms. The molecule has 0 aliphatic heterocycles. The molecule has 0 radical (unpaired) electrons. The van der Waals surface area contributed by atoms with Gasteiger partial charge in [-0.1, -0.05) is 12.1 Å². The number of hydrogen-bond donors (Lipinski definition) is 1. The van der Waals surface area contributed by atoms with Gasteiger partial charge in [0.1, 0.15) is 12.4 Å². The molecule has 0 aliphatic rings. The second kappa shape index (κ2) is 7.33. The summed E-state index contributed by atoms with van der Waals surface area (Å²) in [4.78, 5) is 5.87. The highest BCUT2D eigenvalue weighted by Crippen LogP contribution is 2.12. The zero-order valence-electron chi connectivity index (χ0n) is 13.5. The Hall–Kier alpha value is -1.90. The smallest absolute Gasteiger partial charge is 0.291 e. The van der Waals surface area contributed by atoms with Crippen molar-refractivity contribution in [3.8, 4) is 0 Å². The summed E-state index contributed by atoms with van der Waals surface area (Å²) < 4.78 is 20.5. The van der Waals surface area contributed by atoms with Gasteiger partial charge in [-0.25, -0.2) is 9.37 Å². The number of halogens is 1. The molecule has 1 atom stereocenters. The summed E-state index contributed by atoms with van der Waals surface area (Å²) in [5.41, 5.74) is 1.86. The largest absolute Gasteiger partial charge is 0.413 e. The predicted molar refractivity (Wildman–Crippen MR) is 92.0 cm³/mol. The molecule has 2 heterocycles. The average molecular weight is 365 g/mol. The van der Waals surface area contributed by atoms with Gasteiger partial charge in [-0.3, -0.25) is 0 Å². The fourth-order valence-corrected chi connectivity index (χ4v) is 3.29. The SMILES string of the molecule is Cc1nc(Cc2nn(C[NH+](C)Cc3cccc(F)c3)c(=S)o2)cs1. The van der Waals surface area contributed by atoms with Crippen molar-refractivity contribution in [1.29, 1.82) is 0 Å². The van der Waals surface area contributed by atoms with E-state index >= 15 is 0 Å². The number of quaternary nitrogens is 1. The van der Waals surface area contributed by atoms with Crippen LogP contribution in [-0.4, -0.2) is 21.8 Å². The van der Waals surface area contributed by atoms with Crippen molar-refractivity contribution in [2.24, 2.45) is 0 Å². The van der Waals surface area contributed by atoms with Gasteiger partial charge in [0.2, 0.25) is 5.89 Å². The van der Waals surface area contributed by atoms with E-state index in [1.165, 1.54) is 6.07 Å². The first kappa shape index (κ1) is 16.9. The summed E-state index contributed by atoms with van der Waals surface area (Å²) in [6, 6.07) is 6.61. The van der Waals surface area contributed by atoms with Gasteiger partial charge in [-0.05, 0) is 31.3 Å². The molecule has 0 spiro atoms. The topological polar surface area (TPSA) is 48.3 Å². The van der Waals surface area contributed by atoms with Crippen LogP contribution in [0.5, 0.6) is 0 Å². The van der Waals surface area contributed by atoms with Crippen LogP contribution in [0.25, 0.3) is 0 Å². The van der Waals surface area contributed by atoms with Crippen LogP contribution in [0.15, 0.2) is 34.1 Å². The fourth-order valence-electron chi connectivity index (χ4n) is 2.47. The maximum absolute atomic E-state index is 13.3. The molecular weight excluding hydrogens is 347 g/mol. The molecule has 0 aliphatic carbocycles. The highest BCUT2D eigenvalue weighted by Gasteiger charge is 2.12. The molecule has 5 nitrogen and oxygen atoms in total. The Labute approximate surface area is 148 Å². The summed E-state index contributed by atoms with van der Waals surface area (Å²) in [6.45, 7) is 3.19. The molecule has 0 saturated carbocycles. The zero-order valence-corrected chi connectivity index (χ0v) is 15.1. The van der Waals surface area contributed by atoms with Crippen molar-refractivity contribution in [1.82, 2.24) is 14.8 Å². The van der Waals surface area contributed by atoms with Gasteiger partial charge in [0.05, 0.1) is 24.2 Å². The van der Waals surface area contributed by atoms with E-state index in [9.17, 15) is 4.39 Å². The summed E-state index contributed by atoms with van der Waals surface area (Å²) in [5, 5.41) is 7.44. The second-order valence-electron chi connectivity index (χ2n) is 5.72. The van der Waals surface area contributed by atoms with Gasteiger partial charge in [-0.15, -0.1) is 16.4 Å². The maximum Gasteiger partial charge on any atom is 0.291 e. The van der Waals surface area contributed by atoms with Crippen molar-refractivity contribution in [3.05, 3.63) is 62.5 Å². The van der Waals surface area contributed by atoms with Crippen molar-refractivity contribution >= 4 is 23.6 Å². The van der Waals surface area contributed by atoms with Crippen molar-refractivity contribution in [2.75, 3.05) is 7.05 Å². The van der Waals surface area contributed by atoms with Gasteiger partial charge in [0.25, 0.3) is 4.84 Å². The first-order valence-electron chi connectivity index (χ1n) is 7.53. The average Bonchev–Trinajstić information content (AvgIpc) is 3.05. The highest BCUT2D eigenvalue weighted by atomic mass is 32.1. The van der Waals surface area contributed by atoms with Crippen LogP contribution < -0.4 is 4.90 Å². The molecule has 1 N–H and O–H groups in total. The molecule has 0 fully saturated rings. The molecule has 0 saturated heterocycles. The lowest BCUT2D eigenvalue weighted by molar-refractivity contribution is -0.917. The van der Waals surface area contributed by atoms with Crippen LogP contribution in [0.1, 0.15) is 22.2 Å². The first-order valence-corrected chi connectivity index (χ1v) is 8.82. The molecule has 0 bridgehead atoms. The first-order chi connectivity index (χ1) is 11.5. The molecule has 126 valence electrons. The maximum atomic E-state index is 13.3. The zero-order chi connectivity index (χ0) is 17.1. The Kier molecular flexibility index (Phi) is 5.17. The lowest BCUT2D eigenvalue weighted by atomic mass is 10.2. The minimum atomic E-state index is -0.223. The predicted octanol–water partition coefficient (Wildman–Crippen LogP) is 2.37. The number of nitrogens with zero attached hydrogens (tertiary/aromatic N) is 3. The highest BCUT2D eigenvalue weighted by molar-refractivity contribution is 7.71. The van der Waals surface area contributed by atoms with E-state index in [1.807, 2.05) is 25.4 Å². The van der Waals surface area contributed by atoms with E-state index in [1.54, 1.807) is 28.2 Å². The van der Waals surface area contributed by atoms with E-state index in [-0.39, 0.29) is 5.82 Å². The van der Waals surface area contributed by atoms with E-state index in [4.69, 9.17) is 16.6 Å². The monoisotopic (exact) mass is 365 g/mol. The molecular formula is C16H18FN4OS2+. The summed E-state index contributed by atoms with van der Waals surface area (Å²) in [6.07, 6.45) is 0.532. The number of aryl methyl sites for hydroxylation is 1. The van der Waals surface area contributed by atoms with Gasteiger partial charge < -0.3 is 9.32 Å². The van der Waals surface area contributed by atoms with Crippen LogP contribution >= 0.6 is 23.6 Å². The summed E-state index contributed by atoms with van der Waals surface area (Å²) in [7, 11) is 2.00. The lowest BCUT2D eigenvalue weighted by Gasteiger charge is -2.13. The molecule has 0 amide bonds. The van der Waals surface area contributed by atoms with Gasteiger partial charge in [-0.2, -0.15) is 4.68 Å². The molecule has 2 aromatic heterocycles. The van der Waals surface area contributed by atoms with E-state index in [2.05, 4.69) is 10.1 Å². The van der Waals surface area contributed by atoms with Gasteiger partial charge >= 0.3 is 0 Å². The van der Waals surface area contributed by atoms with Crippen LogP contribution in [0.2, 0.25) is 0 Å². The number of benzene rings is 1. The molecule has 1 aromatic carbocycles. The number of hydrogen-bond acceptors (Lipinski definition) is 5. The third-order valence-electron chi connectivity index (χ3n) is 3.46. The Morgan fingerprint density at radius 3 is 2.96 bits per heavy atom. The Balaban J connectivity index is 1.65. The number of rotatable bonds is 6. The van der Waals surface area contributed by atoms with E-state index in [0.717, 1.165) is 21.2 Å². The van der Waals surface area contributed by atoms with E-state index in [0.29, 0.717) is 30.4 Å². The molecule has 3 aromatic rings. The van der Waals surface area contributed by atoms with Gasteiger partial charge in [0.15, 0.2) is 6.67 Å². The number of nitrogens with one attached hydrogen (secondary N) is 1. The summed E-state index contributed by atoms with van der Waals surface area (Å²) in [5.74, 6) is 0.336. The number of aromatic nitrogens is 3. The quantitative estimate of drug-likeness (QED) is 0.682. The summed E-state index contributed by atoms with van der Waals surface area (Å²) >= 11 is 6.84. The third kappa shape index (κ3) is 4.34. The minimum Gasteiger partial charge on any atom is -0.413 e. The van der Waals surface area contributed by atoms with E-state index < -0.39 is 0 Å². The van der Waals surface area contributed by atoms with Crippen molar-refractivity contribution < 1.29 is 13.7 Å². The Morgan fingerprint density at radius 1 is 1.42 bits per heavy atom.